The van der Waals surface area contributed by atoms with Crippen LogP contribution in [0.25, 0.3) is 0 Å². The number of benzene rings is 1. The van der Waals surface area contributed by atoms with Gasteiger partial charge in [-0.1, -0.05) is 17.7 Å². The minimum Gasteiger partial charge on any atom is -0.381 e. The minimum absolute atomic E-state index is 0.248. The normalized spacial score (nSPS) is 20.2. The molecule has 1 aromatic rings. The van der Waals surface area contributed by atoms with Crippen molar-refractivity contribution in [1.82, 2.24) is 5.32 Å². The number of rotatable bonds is 4. The summed E-state index contributed by atoms with van der Waals surface area (Å²) < 4.78 is 18.7. The molecular formula is C12H15ClFNO. The van der Waals surface area contributed by atoms with Gasteiger partial charge in [-0.2, -0.15) is 0 Å². The third-order valence-electron chi connectivity index (χ3n) is 2.79. The molecule has 88 valence electrons. The number of ether oxygens (including phenoxy) is 1. The van der Waals surface area contributed by atoms with Crippen molar-refractivity contribution in [2.75, 3.05) is 19.8 Å². The van der Waals surface area contributed by atoms with E-state index in [1.165, 1.54) is 6.07 Å². The SMILES string of the molecule is Fc1cc(Cl)ccc1CNCC1CCOC1. The summed E-state index contributed by atoms with van der Waals surface area (Å²) in [7, 11) is 0. The van der Waals surface area contributed by atoms with Crippen molar-refractivity contribution in [2.24, 2.45) is 5.92 Å². The zero-order valence-corrected chi connectivity index (χ0v) is 9.77. The highest BCUT2D eigenvalue weighted by Crippen LogP contribution is 2.15. The molecule has 1 heterocycles. The van der Waals surface area contributed by atoms with Crippen LogP contribution in [-0.2, 0) is 11.3 Å². The quantitative estimate of drug-likeness (QED) is 0.878. The highest BCUT2D eigenvalue weighted by Gasteiger charge is 2.14. The van der Waals surface area contributed by atoms with Crippen LogP contribution in [0, 0.1) is 11.7 Å². The summed E-state index contributed by atoms with van der Waals surface area (Å²) in [5.41, 5.74) is 0.656. The maximum atomic E-state index is 13.4. The summed E-state index contributed by atoms with van der Waals surface area (Å²) in [6, 6.07) is 4.77. The Morgan fingerprint density at radius 3 is 3.06 bits per heavy atom. The predicted octanol–water partition coefficient (Wildman–Crippen LogP) is 2.61. The monoisotopic (exact) mass is 243 g/mol. The molecule has 1 aliphatic heterocycles. The van der Waals surface area contributed by atoms with Crippen LogP contribution in [0.15, 0.2) is 18.2 Å². The van der Waals surface area contributed by atoms with Crippen LogP contribution in [0.2, 0.25) is 5.02 Å². The van der Waals surface area contributed by atoms with Gasteiger partial charge in [0, 0.05) is 30.3 Å². The molecule has 2 rings (SSSR count). The van der Waals surface area contributed by atoms with E-state index in [-0.39, 0.29) is 5.82 Å². The zero-order valence-electron chi connectivity index (χ0n) is 9.01. The van der Waals surface area contributed by atoms with E-state index >= 15 is 0 Å². The Hall–Kier alpha value is -0.640. The first-order valence-electron chi connectivity index (χ1n) is 5.48. The van der Waals surface area contributed by atoms with Gasteiger partial charge in [0.1, 0.15) is 5.82 Å². The van der Waals surface area contributed by atoms with Gasteiger partial charge in [0.2, 0.25) is 0 Å². The van der Waals surface area contributed by atoms with Crippen molar-refractivity contribution in [3.8, 4) is 0 Å². The summed E-state index contributed by atoms with van der Waals surface area (Å²) in [6.07, 6.45) is 1.09. The Bertz CT molecular complexity index is 353. The minimum atomic E-state index is -0.248. The summed E-state index contributed by atoms with van der Waals surface area (Å²) in [4.78, 5) is 0. The first kappa shape index (κ1) is 11.8. The van der Waals surface area contributed by atoms with Gasteiger partial charge in [-0.15, -0.1) is 0 Å². The lowest BCUT2D eigenvalue weighted by atomic mass is 10.1. The maximum absolute atomic E-state index is 13.4. The molecule has 0 aromatic heterocycles. The van der Waals surface area contributed by atoms with Crippen molar-refractivity contribution in [3.63, 3.8) is 0 Å². The van der Waals surface area contributed by atoms with Gasteiger partial charge in [0.25, 0.3) is 0 Å². The molecule has 0 bridgehead atoms. The number of hydrogen-bond acceptors (Lipinski definition) is 2. The fourth-order valence-corrected chi connectivity index (χ4v) is 1.98. The molecule has 4 heteroatoms. The first-order valence-corrected chi connectivity index (χ1v) is 5.86. The van der Waals surface area contributed by atoms with Crippen molar-refractivity contribution in [3.05, 3.63) is 34.6 Å². The zero-order chi connectivity index (χ0) is 11.4. The predicted molar refractivity (Wildman–Crippen MR) is 62.0 cm³/mol. The lowest BCUT2D eigenvalue weighted by Gasteiger charge is -2.09. The summed E-state index contributed by atoms with van der Waals surface area (Å²) in [5.74, 6) is 0.318. The highest BCUT2D eigenvalue weighted by molar-refractivity contribution is 6.30. The lowest BCUT2D eigenvalue weighted by molar-refractivity contribution is 0.185. The summed E-state index contributed by atoms with van der Waals surface area (Å²) >= 11 is 5.68. The number of hydrogen-bond donors (Lipinski definition) is 1. The Balaban J connectivity index is 1.80. The van der Waals surface area contributed by atoms with E-state index in [4.69, 9.17) is 16.3 Å². The van der Waals surface area contributed by atoms with E-state index in [1.54, 1.807) is 12.1 Å². The molecule has 2 nitrogen and oxygen atoms in total. The molecule has 1 aliphatic rings. The van der Waals surface area contributed by atoms with Crippen LogP contribution in [0.3, 0.4) is 0 Å². The largest absolute Gasteiger partial charge is 0.381 e. The highest BCUT2D eigenvalue weighted by atomic mass is 35.5. The van der Waals surface area contributed by atoms with Crippen molar-refractivity contribution in [1.29, 1.82) is 0 Å². The second kappa shape index (κ2) is 5.62. The first-order chi connectivity index (χ1) is 7.75. The van der Waals surface area contributed by atoms with Gasteiger partial charge in [-0.25, -0.2) is 4.39 Å². The van der Waals surface area contributed by atoms with Crippen molar-refractivity contribution < 1.29 is 9.13 Å². The molecule has 0 saturated carbocycles. The van der Waals surface area contributed by atoms with E-state index in [2.05, 4.69) is 5.32 Å². The second-order valence-electron chi connectivity index (χ2n) is 4.10. The Kier molecular flexibility index (Phi) is 4.16. The second-order valence-corrected chi connectivity index (χ2v) is 4.53. The van der Waals surface area contributed by atoms with Gasteiger partial charge in [-0.3, -0.25) is 0 Å². The maximum Gasteiger partial charge on any atom is 0.129 e. The van der Waals surface area contributed by atoms with E-state index < -0.39 is 0 Å². The standard InChI is InChI=1S/C12H15ClFNO/c13-11-2-1-10(12(14)5-11)7-15-6-9-3-4-16-8-9/h1-2,5,9,15H,3-4,6-8H2. The number of halogens is 2. The molecule has 1 aromatic carbocycles. The van der Waals surface area contributed by atoms with Gasteiger partial charge >= 0.3 is 0 Å². The van der Waals surface area contributed by atoms with Crippen LogP contribution in [-0.4, -0.2) is 19.8 Å². The molecule has 1 unspecified atom stereocenters. The average molecular weight is 244 g/mol. The van der Waals surface area contributed by atoms with Crippen LogP contribution >= 0.6 is 11.6 Å². The summed E-state index contributed by atoms with van der Waals surface area (Å²) in [5, 5.41) is 3.68. The fourth-order valence-electron chi connectivity index (χ4n) is 1.82. The van der Waals surface area contributed by atoms with Gasteiger partial charge < -0.3 is 10.1 Å². The molecule has 1 N–H and O–H groups in total. The van der Waals surface area contributed by atoms with Gasteiger partial charge in [0.15, 0.2) is 0 Å². The van der Waals surface area contributed by atoms with Crippen molar-refractivity contribution >= 4 is 11.6 Å². The molecule has 0 radical (unpaired) electrons. The number of nitrogens with one attached hydrogen (secondary N) is 1. The molecule has 1 atom stereocenters. The third-order valence-corrected chi connectivity index (χ3v) is 3.02. The average Bonchev–Trinajstić information content (AvgIpc) is 2.74. The van der Waals surface area contributed by atoms with Crippen molar-refractivity contribution in [2.45, 2.75) is 13.0 Å². The van der Waals surface area contributed by atoms with Crippen LogP contribution in [0.5, 0.6) is 0 Å². The molecule has 1 fully saturated rings. The Labute approximate surface area is 99.7 Å². The summed E-state index contributed by atoms with van der Waals surface area (Å²) in [6.45, 7) is 3.08. The van der Waals surface area contributed by atoms with E-state index in [9.17, 15) is 4.39 Å². The Morgan fingerprint density at radius 1 is 1.50 bits per heavy atom. The van der Waals surface area contributed by atoms with Crippen LogP contribution < -0.4 is 5.32 Å². The molecule has 16 heavy (non-hydrogen) atoms. The fraction of sp³-hybridized carbons (Fsp3) is 0.500. The van der Waals surface area contributed by atoms with E-state index in [1.807, 2.05) is 0 Å². The van der Waals surface area contributed by atoms with Crippen LogP contribution in [0.1, 0.15) is 12.0 Å². The molecule has 0 amide bonds. The molecule has 1 saturated heterocycles. The topological polar surface area (TPSA) is 21.3 Å². The van der Waals surface area contributed by atoms with Crippen LogP contribution in [0.4, 0.5) is 4.39 Å². The molecule has 0 spiro atoms. The van der Waals surface area contributed by atoms with Gasteiger partial charge in [0.05, 0.1) is 6.61 Å². The smallest absolute Gasteiger partial charge is 0.129 e. The third kappa shape index (κ3) is 3.17. The van der Waals surface area contributed by atoms with E-state index in [0.717, 1.165) is 26.2 Å². The Morgan fingerprint density at radius 2 is 2.38 bits per heavy atom. The van der Waals surface area contributed by atoms with Gasteiger partial charge in [-0.05, 0) is 24.5 Å². The lowest BCUT2D eigenvalue weighted by Crippen LogP contribution is -2.23. The molecular weight excluding hydrogens is 229 g/mol. The molecule has 0 aliphatic carbocycles. The van der Waals surface area contributed by atoms with E-state index in [0.29, 0.717) is 23.0 Å².